The van der Waals surface area contributed by atoms with Gasteiger partial charge in [-0.2, -0.15) is 0 Å². The summed E-state index contributed by atoms with van der Waals surface area (Å²) in [7, 11) is 1.50. The van der Waals surface area contributed by atoms with E-state index in [-0.39, 0.29) is 5.78 Å². The van der Waals surface area contributed by atoms with Gasteiger partial charge in [-0.1, -0.05) is 78.9 Å². The van der Waals surface area contributed by atoms with E-state index in [0.29, 0.717) is 0 Å². The van der Waals surface area contributed by atoms with Gasteiger partial charge in [-0.25, -0.2) is 0 Å². The summed E-state index contributed by atoms with van der Waals surface area (Å²) in [5.41, 5.74) is 5.28. The van der Waals surface area contributed by atoms with Crippen LogP contribution >= 0.6 is 0 Å². The predicted molar refractivity (Wildman–Crippen MR) is 90.5 cm³/mol. The number of fused-ring (bicyclic) bond motifs is 1. The normalized spacial score (nSPS) is 8.90. The number of nitrogens with two attached hydrogens (primary N) is 1. The molecule has 2 heteroatoms. The Morgan fingerprint density at radius 3 is 1.29 bits per heavy atom. The van der Waals surface area contributed by atoms with Gasteiger partial charge in [0.05, 0.1) is 0 Å². The lowest BCUT2D eigenvalue weighted by atomic mass is 10.1. The average molecular weight is 279 g/mol. The van der Waals surface area contributed by atoms with Gasteiger partial charge in [-0.05, 0) is 24.7 Å². The molecule has 0 bridgehead atoms. The molecule has 0 unspecified atom stereocenters. The summed E-state index contributed by atoms with van der Waals surface area (Å²) < 4.78 is 0. The van der Waals surface area contributed by atoms with E-state index in [0.717, 1.165) is 5.56 Å². The SMILES string of the molecule is CC(=O)c1ccccc1.CN.c1ccc2ccccc2c1. The topological polar surface area (TPSA) is 43.1 Å². The maximum absolute atomic E-state index is 10.6. The molecular weight excluding hydrogens is 258 g/mol. The first-order valence-corrected chi connectivity index (χ1v) is 6.85. The van der Waals surface area contributed by atoms with E-state index in [1.54, 1.807) is 6.92 Å². The molecule has 0 aliphatic rings. The summed E-state index contributed by atoms with van der Waals surface area (Å²) >= 11 is 0. The third-order valence-electron chi connectivity index (χ3n) is 2.84. The zero-order chi connectivity index (χ0) is 15.5. The Hall–Kier alpha value is -2.45. The van der Waals surface area contributed by atoms with E-state index in [4.69, 9.17) is 0 Å². The van der Waals surface area contributed by atoms with Crippen molar-refractivity contribution in [1.82, 2.24) is 0 Å². The fourth-order valence-corrected chi connectivity index (χ4v) is 1.81. The molecule has 3 aromatic rings. The van der Waals surface area contributed by atoms with Crippen molar-refractivity contribution < 1.29 is 4.79 Å². The van der Waals surface area contributed by atoms with Crippen LogP contribution in [0.4, 0.5) is 0 Å². The highest BCUT2D eigenvalue weighted by molar-refractivity contribution is 5.93. The van der Waals surface area contributed by atoms with E-state index in [2.05, 4.69) is 54.3 Å². The second kappa shape index (κ2) is 9.45. The predicted octanol–water partition coefficient (Wildman–Crippen LogP) is 4.30. The van der Waals surface area contributed by atoms with E-state index in [1.165, 1.54) is 17.8 Å². The maximum atomic E-state index is 10.6. The highest BCUT2D eigenvalue weighted by Gasteiger charge is 1.92. The Morgan fingerprint density at radius 1 is 0.667 bits per heavy atom. The van der Waals surface area contributed by atoms with Crippen molar-refractivity contribution in [1.29, 1.82) is 0 Å². The fourth-order valence-electron chi connectivity index (χ4n) is 1.81. The highest BCUT2D eigenvalue weighted by atomic mass is 16.1. The van der Waals surface area contributed by atoms with Gasteiger partial charge in [0.2, 0.25) is 0 Å². The number of benzene rings is 3. The number of hydrogen-bond donors (Lipinski definition) is 1. The molecule has 2 nitrogen and oxygen atoms in total. The van der Waals surface area contributed by atoms with Crippen LogP contribution in [0.5, 0.6) is 0 Å². The molecule has 108 valence electrons. The molecule has 0 saturated heterocycles. The van der Waals surface area contributed by atoms with Crippen molar-refractivity contribution in [2.45, 2.75) is 6.92 Å². The Morgan fingerprint density at radius 2 is 1.00 bits per heavy atom. The standard InChI is InChI=1S/C10H8.C8H8O.CH5N/c1-2-6-10-8-4-3-7-9(10)5-1;1-7(9)8-5-3-2-4-6-8;1-2/h1-8H;2-6H,1H3;2H2,1H3. The Kier molecular flexibility index (Phi) is 7.47. The van der Waals surface area contributed by atoms with Crippen molar-refractivity contribution >= 4 is 16.6 Å². The quantitative estimate of drug-likeness (QED) is 0.675. The Bertz CT molecular complexity index is 597. The molecule has 21 heavy (non-hydrogen) atoms. The number of ketones is 1. The van der Waals surface area contributed by atoms with E-state index in [9.17, 15) is 4.79 Å². The van der Waals surface area contributed by atoms with E-state index in [1.807, 2.05) is 30.3 Å². The minimum Gasteiger partial charge on any atom is -0.333 e. The highest BCUT2D eigenvalue weighted by Crippen LogP contribution is 2.11. The van der Waals surface area contributed by atoms with Crippen LogP contribution in [-0.4, -0.2) is 12.8 Å². The van der Waals surface area contributed by atoms with E-state index >= 15 is 0 Å². The number of hydrogen-bond acceptors (Lipinski definition) is 2. The average Bonchev–Trinajstić information content (AvgIpc) is 2.58. The largest absolute Gasteiger partial charge is 0.333 e. The third kappa shape index (κ3) is 5.59. The van der Waals surface area contributed by atoms with Crippen LogP contribution in [0.25, 0.3) is 10.8 Å². The first-order valence-electron chi connectivity index (χ1n) is 6.85. The zero-order valence-electron chi connectivity index (χ0n) is 12.5. The van der Waals surface area contributed by atoms with Gasteiger partial charge in [0, 0.05) is 5.56 Å². The van der Waals surface area contributed by atoms with Gasteiger partial charge in [0.1, 0.15) is 0 Å². The molecule has 3 rings (SSSR count). The Balaban J connectivity index is 0.000000189. The number of rotatable bonds is 1. The molecule has 0 atom stereocenters. The van der Waals surface area contributed by atoms with Crippen LogP contribution < -0.4 is 5.73 Å². The molecule has 0 heterocycles. The van der Waals surface area contributed by atoms with Crippen molar-refractivity contribution in [3.63, 3.8) is 0 Å². The zero-order valence-corrected chi connectivity index (χ0v) is 12.5. The summed E-state index contributed by atoms with van der Waals surface area (Å²) in [5.74, 6) is 0.121. The summed E-state index contributed by atoms with van der Waals surface area (Å²) in [4.78, 5) is 10.6. The maximum Gasteiger partial charge on any atom is 0.159 e. The van der Waals surface area contributed by atoms with Crippen molar-refractivity contribution in [3.05, 3.63) is 84.4 Å². The summed E-state index contributed by atoms with van der Waals surface area (Å²) in [6.07, 6.45) is 0. The van der Waals surface area contributed by atoms with Gasteiger partial charge in [0.15, 0.2) is 5.78 Å². The fraction of sp³-hybridized carbons (Fsp3) is 0.105. The molecule has 2 N–H and O–H groups in total. The molecule has 0 radical (unpaired) electrons. The number of carbonyl (C=O) groups is 1. The molecule has 0 aromatic heterocycles. The van der Waals surface area contributed by atoms with Crippen LogP contribution in [0.3, 0.4) is 0 Å². The van der Waals surface area contributed by atoms with Crippen LogP contribution in [0.1, 0.15) is 17.3 Å². The molecule has 0 spiro atoms. The van der Waals surface area contributed by atoms with Gasteiger partial charge >= 0.3 is 0 Å². The van der Waals surface area contributed by atoms with Crippen LogP contribution in [0.2, 0.25) is 0 Å². The van der Waals surface area contributed by atoms with Gasteiger partial charge in [0.25, 0.3) is 0 Å². The van der Waals surface area contributed by atoms with Crippen LogP contribution in [0.15, 0.2) is 78.9 Å². The second-order valence-corrected chi connectivity index (χ2v) is 4.27. The van der Waals surface area contributed by atoms with E-state index < -0.39 is 0 Å². The van der Waals surface area contributed by atoms with Crippen molar-refractivity contribution in [2.24, 2.45) is 5.73 Å². The molecular formula is C19H21NO. The smallest absolute Gasteiger partial charge is 0.159 e. The molecule has 0 aliphatic carbocycles. The molecule has 0 fully saturated rings. The minimum atomic E-state index is 0.121. The molecule has 0 amide bonds. The first-order chi connectivity index (χ1) is 10.3. The van der Waals surface area contributed by atoms with Gasteiger partial charge in [-0.15, -0.1) is 0 Å². The van der Waals surface area contributed by atoms with Gasteiger partial charge < -0.3 is 5.73 Å². The number of Topliss-reactive ketones (excluding diaryl/α,β-unsaturated/α-hetero) is 1. The second-order valence-electron chi connectivity index (χ2n) is 4.27. The summed E-state index contributed by atoms with van der Waals surface area (Å²) in [6, 6.07) is 25.9. The Labute approximate surface area is 126 Å². The lowest BCUT2D eigenvalue weighted by molar-refractivity contribution is 0.101. The summed E-state index contributed by atoms with van der Waals surface area (Å²) in [5, 5.41) is 2.62. The van der Waals surface area contributed by atoms with Crippen LogP contribution in [0, 0.1) is 0 Å². The minimum absolute atomic E-state index is 0.121. The lowest BCUT2D eigenvalue weighted by Gasteiger charge is -1.92. The third-order valence-corrected chi connectivity index (χ3v) is 2.84. The number of carbonyl (C=O) groups excluding carboxylic acids is 1. The van der Waals surface area contributed by atoms with Crippen LogP contribution in [-0.2, 0) is 0 Å². The first kappa shape index (κ1) is 16.6. The molecule has 3 aromatic carbocycles. The molecule has 0 aliphatic heterocycles. The summed E-state index contributed by atoms with van der Waals surface area (Å²) in [6.45, 7) is 1.56. The molecule has 0 saturated carbocycles. The lowest BCUT2D eigenvalue weighted by Crippen LogP contribution is -1.88. The van der Waals surface area contributed by atoms with Crippen molar-refractivity contribution in [2.75, 3.05) is 7.05 Å². The van der Waals surface area contributed by atoms with Gasteiger partial charge in [-0.3, -0.25) is 4.79 Å². The monoisotopic (exact) mass is 279 g/mol. The van der Waals surface area contributed by atoms with Crippen molar-refractivity contribution in [3.8, 4) is 0 Å².